The zero-order chi connectivity index (χ0) is 10.6. The molecule has 0 saturated carbocycles. The molecule has 1 rings (SSSR count). The average molecular weight is 321 g/mol. The van der Waals surface area contributed by atoms with Gasteiger partial charge in [0.1, 0.15) is 0 Å². The molecule has 0 atom stereocenters. The number of rotatable bonds is 4. The van der Waals surface area contributed by atoms with Gasteiger partial charge in [-0.3, -0.25) is 4.98 Å². The fraction of sp³-hybridized carbons (Fsp3) is 0.545. The van der Waals surface area contributed by atoms with E-state index >= 15 is 0 Å². The lowest BCUT2D eigenvalue weighted by Gasteiger charge is -2.07. The van der Waals surface area contributed by atoms with E-state index in [9.17, 15) is 0 Å². The van der Waals surface area contributed by atoms with Crippen LogP contribution in [0.1, 0.15) is 38.1 Å². The first-order valence-corrected chi connectivity index (χ1v) is 6.61. The van der Waals surface area contributed by atoms with Gasteiger partial charge in [0.15, 0.2) is 0 Å². The molecule has 1 aromatic heterocycles. The van der Waals surface area contributed by atoms with Crippen molar-refractivity contribution in [2.45, 2.75) is 39.5 Å². The SMILES string of the molecule is CCCc1nc(CCC)c(Br)cc1Br. The first-order chi connectivity index (χ1) is 6.69. The van der Waals surface area contributed by atoms with Crippen molar-refractivity contribution in [3.05, 3.63) is 26.4 Å². The summed E-state index contributed by atoms with van der Waals surface area (Å²) in [5.41, 5.74) is 2.36. The molecule has 0 aliphatic rings. The Labute approximate surface area is 103 Å². The Kier molecular flexibility index (Phi) is 5.10. The molecule has 1 aromatic rings. The van der Waals surface area contributed by atoms with Crippen LogP contribution in [0.4, 0.5) is 0 Å². The number of halogens is 2. The Balaban J connectivity index is 3.00. The molecule has 1 heterocycles. The smallest absolute Gasteiger partial charge is 0.0549 e. The minimum absolute atomic E-state index is 1.05. The second-order valence-corrected chi connectivity index (χ2v) is 5.05. The van der Waals surface area contributed by atoms with E-state index in [0.717, 1.165) is 34.6 Å². The molecule has 1 nitrogen and oxygen atoms in total. The highest BCUT2D eigenvalue weighted by Crippen LogP contribution is 2.25. The zero-order valence-corrected chi connectivity index (χ0v) is 11.8. The summed E-state index contributed by atoms with van der Waals surface area (Å²) in [4.78, 5) is 4.66. The highest BCUT2D eigenvalue weighted by molar-refractivity contribution is 9.11. The van der Waals surface area contributed by atoms with Gasteiger partial charge in [0.2, 0.25) is 0 Å². The van der Waals surface area contributed by atoms with E-state index in [0.29, 0.717) is 0 Å². The first kappa shape index (κ1) is 12.2. The fourth-order valence-corrected chi connectivity index (χ4v) is 2.71. The molecule has 0 bridgehead atoms. The van der Waals surface area contributed by atoms with Gasteiger partial charge in [-0.15, -0.1) is 0 Å². The molecule has 14 heavy (non-hydrogen) atoms. The second kappa shape index (κ2) is 5.86. The number of aromatic nitrogens is 1. The van der Waals surface area contributed by atoms with E-state index in [1.165, 1.54) is 11.4 Å². The summed E-state index contributed by atoms with van der Waals surface area (Å²) in [5.74, 6) is 0. The molecule has 0 aliphatic heterocycles. The molecule has 0 amide bonds. The van der Waals surface area contributed by atoms with E-state index in [4.69, 9.17) is 0 Å². The zero-order valence-electron chi connectivity index (χ0n) is 8.61. The van der Waals surface area contributed by atoms with Gasteiger partial charge in [-0.1, -0.05) is 26.7 Å². The van der Waals surface area contributed by atoms with Crippen LogP contribution in [0, 0.1) is 0 Å². The average Bonchev–Trinajstić information content (AvgIpc) is 2.14. The Morgan fingerprint density at radius 2 is 1.43 bits per heavy atom. The van der Waals surface area contributed by atoms with Gasteiger partial charge in [0, 0.05) is 8.95 Å². The van der Waals surface area contributed by atoms with Crippen LogP contribution in [0.15, 0.2) is 15.0 Å². The predicted molar refractivity (Wildman–Crippen MR) is 67.6 cm³/mol. The number of hydrogen-bond acceptors (Lipinski definition) is 1. The Morgan fingerprint density at radius 1 is 1.00 bits per heavy atom. The Morgan fingerprint density at radius 3 is 1.79 bits per heavy atom. The molecular formula is C11H15Br2N. The van der Waals surface area contributed by atoms with Crippen LogP contribution in [-0.4, -0.2) is 4.98 Å². The fourth-order valence-electron chi connectivity index (χ4n) is 1.37. The molecule has 0 N–H and O–H groups in total. The lowest BCUT2D eigenvalue weighted by atomic mass is 10.2. The van der Waals surface area contributed by atoms with Crippen molar-refractivity contribution in [3.63, 3.8) is 0 Å². The van der Waals surface area contributed by atoms with Crippen LogP contribution in [0.2, 0.25) is 0 Å². The monoisotopic (exact) mass is 319 g/mol. The minimum atomic E-state index is 1.05. The van der Waals surface area contributed by atoms with Crippen LogP contribution < -0.4 is 0 Å². The Hall–Kier alpha value is 0.110. The van der Waals surface area contributed by atoms with Crippen LogP contribution in [0.25, 0.3) is 0 Å². The van der Waals surface area contributed by atoms with Crippen molar-refractivity contribution in [2.24, 2.45) is 0 Å². The van der Waals surface area contributed by atoms with Gasteiger partial charge in [-0.05, 0) is 50.8 Å². The van der Waals surface area contributed by atoms with Crippen LogP contribution >= 0.6 is 31.9 Å². The quantitative estimate of drug-likeness (QED) is 0.795. The largest absolute Gasteiger partial charge is 0.256 e. The predicted octanol–water partition coefficient (Wildman–Crippen LogP) is 4.51. The lowest BCUT2D eigenvalue weighted by Crippen LogP contribution is -1.98. The number of aryl methyl sites for hydroxylation is 2. The maximum Gasteiger partial charge on any atom is 0.0549 e. The third kappa shape index (κ3) is 3.06. The first-order valence-electron chi connectivity index (χ1n) is 5.02. The van der Waals surface area contributed by atoms with Crippen molar-refractivity contribution < 1.29 is 0 Å². The van der Waals surface area contributed by atoms with Gasteiger partial charge >= 0.3 is 0 Å². The van der Waals surface area contributed by atoms with Crippen molar-refractivity contribution in [2.75, 3.05) is 0 Å². The summed E-state index contributed by atoms with van der Waals surface area (Å²) >= 11 is 7.08. The van der Waals surface area contributed by atoms with E-state index < -0.39 is 0 Å². The summed E-state index contributed by atoms with van der Waals surface area (Å²) < 4.78 is 2.23. The standard InChI is InChI=1S/C11H15Br2N/c1-3-5-10-8(12)7-9(13)11(14-10)6-4-2/h7H,3-6H2,1-2H3. The number of pyridine rings is 1. The van der Waals surface area contributed by atoms with Crippen LogP contribution in [-0.2, 0) is 12.8 Å². The molecule has 0 aromatic carbocycles. The third-order valence-electron chi connectivity index (χ3n) is 2.05. The molecule has 78 valence electrons. The van der Waals surface area contributed by atoms with Gasteiger partial charge < -0.3 is 0 Å². The van der Waals surface area contributed by atoms with Crippen molar-refractivity contribution in [1.29, 1.82) is 0 Å². The second-order valence-electron chi connectivity index (χ2n) is 3.35. The summed E-state index contributed by atoms with van der Waals surface area (Å²) in [5, 5.41) is 0. The van der Waals surface area contributed by atoms with Crippen LogP contribution in [0.5, 0.6) is 0 Å². The summed E-state index contributed by atoms with van der Waals surface area (Å²) in [6.07, 6.45) is 4.37. The van der Waals surface area contributed by atoms with Crippen molar-refractivity contribution >= 4 is 31.9 Å². The molecule has 0 saturated heterocycles. The van der Waals surface area contributed by atoms with Gasteiger partial charge in [0.05, 0.1) is 11.4 Å². The van der Waals surface area contributed by atoms with Gasteiger partial charge in [0.25, 0.3) is 0 Å². The van der Waals surface area contributed by atoms with E-state index in [2.05, 4.69) is 56.8 Å². The summed E-state index contributed by atoms with van der Waals surface area (Å²) in [7, 11) is 0. The summed E-state index contributed by atoms with van der Waals surface area (Å²) in [6, 6.07) is 2.11. The molecule has 0 aliphatic carbocycles. The molecule has 0 spiro atoms. The van der Waals surface area contributed by atoms with Gasteiger partial charge in [-0.2, -0.15) is 0 Å². The van der Waals surface area contributed by atoms with Crippen LogP contribution in [0.3, 0.4) is 0 Å². The van der Waals surface area contributed by atoms with E-state index in [1.54, 1.807) is 0 Å². The number of hydrogen-bond donors (Lipinski definition) is 0. The highest BCUT2D eigenvalue weighted by atomic mass is 79.9. The maximum absolute atomic E-state index is 4.66. The molecule has 0 radical (unpaired) electrons. The maximum atomic E-state index is 4.66. The van der Waals surface area contributed by atoms with Gasteiger partial charge in [-0.25, -0.2) is 0 Å². The number of nitrogens with zero attached hydrogens (tertiary/aromatic N) is 1. The normalized spacial score (nSPS) is 10.6. The highest BCUT2D eigenvalue weighted by Gasteiger charge is 2.07. The molecule has 0 fully saturated rings. The van der Waals surface area contributed by atoms with E-state index in [1.807, 2.05) is 0 Å². The minimum Gasteiger partial charge on any atom is -0.256 e. The van der Waals surface area contributed by atoms with Crippen molar-refractivity contribution in [1.82, 2.24) is 4.98 Å². The molecular weight excluding hydrogens is 306 g/mol. The molecule has 3 heteroatoms. The summed E-state index contributed by atoms with van der Waals surface area (Å²) in [6.45, 7) is 4.35. The third-order valence-corrected chi connectivity index (χ3v) is 3.42. The lowest BCUT2D eigenvalue weighted by molar-refractivity contribution is 0.821. The Bertz CT molecular complexity index is 283. The molecule has 0 unspecified atom stereocenters. The topological polar surface area (TPSA) is 12.9 Å². The van der Waals surface area contributed by atoms with Crippen molar-refractivity contribution in [3.8, 4) is 0 Å². The van der Waals surface area contributed by atoms with E-state index in [-0.39, 0.29) is 0 Å².